The molecule has 24 heavy (non-hydrogen) atoms. The number of alkyl halides is 3. The highest BCUT2D eigenvalue weighted by Crippen LogP contribution is 2.25. The molecule has 1 aromatic heterocycles. The van der Waals surface area contributed by atoms with Crippen molar-refractivity contribution in [2.75, 3.05) is 33.2 Å². The molecular weight excluding hydrogens is 436 g/mol. The highest BCUT2D eigenvalue weighted by Gasteiger charge is 2.41. The first-order valence-corrected chi connectivity index (χ1v) is 7.55. The Bertz CT molecular complexity index is 537. The molecule has 1 atom stereocenters. The normalized spacial score (nSPS) is 18.2. The molecule has 0 saturated carbocycles. The van der Waals surface area contributed by atoms with Gasteiger partial charge in [-0.1, -0.05) is 0 Å². The van der Waals surface area contributed by atoms with E-state index in [0.717, 1.165) is 5.56 Å². The van der Waals surface area contributed by atoms with E-state index in [1.165, 1.54) is 11.8 Å². The number of guanidine groups is 1. The molecule has 10 heteroatoms. The third kappa shape index (κ3) is 5.50. The van der Waals surface area contributed by atoms with Crippen LogP contribution in [0.15, 0.2) is 17.4 Å². The van der Waals surface area contributed by atoms with Crippen LogP contribution in [0.2, 0.25) is 0 Å². The standard InChI is InChI=1S/C14H23F3N6.HI/c1-11(14(15,16)17)22-4-6-23(7-5-22)13(18-2)19-8-12-9-20-21(3)10-12;/h9-11H,4-8H2,1-3H3,(H,18,19);1H. The molecule has 1 aromatic rings. The van der Waals surface area contributed by atoms with E-state index in [1.54, 1.807) is 17.9 Å². The second-order valence-corrected chi connectivity index (χ2v) is 5.66. The molecule has 1 N–H and O–H groups in total. The summed E-state index contributed by atoms with van der Waals surface area (Å²) in [5.74, 6) is 0.702. The minimum atomic E-state index is -4.18. The zero-order valence-corrected chi connectivity index (χ0v) is 16.4. The van der Waals surface area contributed by atoms with Gasteiger partial charge < -0.3 is 10.2 Å². The molecule has 138 valence electrons. The number of aryl methyl sites for hydroxylation is 1. The molecular formula is C14H24F3IN6. The Hall–Kier alpha value is -1.04. The number of halogens is 4. The molecule has 0 aromatic carbocycles. The Kier molecular flexibility index (Phi) is 7.77. The third-order valence-corrected chi connectivity index (χ3v) is 4.06. The van der Waals surface area contributed by atoms with Crippen molar-refractivity contribution < 1.29 is 13.2 Å². The average Bonchev–Trinajstić information content (AvgIpc) is 2.92. The molecule has 2 rings (SSSR count). The van der Waals surface area contributed by atoms with Gasteiger partial charge in [-0.05, 0) is 6.92 Å². The van der Waals surface area contributed by atoms with Crippen molar-refractivity contribution in [2.24, 2.45) is 12.0 Å². The van der Waals surface area contributed by atoms with E-state index in [4.69, 9.17) is 0 Å². The molecule has 2 heterocycles. The van der Waals surface area contributed by atoms with Gasteiger partial charge in [-0.3, -0.25) is 14.6 Å². The summed E-state index contributed by atoms with van der Waals surface area (Å²) in [6.07, 6.45) is -0.505. The molecule has 1 aliphatic rings. The van der Waals surface area contributed by atoms with Crippen LogP contribution in [0, 0.1) is 0 Å². The maximum Gasteiger partial charge on any atom is 0.403 e. The lowest BCUT2D eigenvalue weighted by Gasteiger charge is -2.39. The molecule has 0 bridgehead atoms. The summed E-state index contributed by atoms with van der Waals surface area (Å²) < 4.78 is 40.0. The van der Waals surface area contributed by atoms with Gasteiger partial charge in [0, 0.05) is 58.6 Å². The van der Waals surface area contributed by atoms with Crippen molar-refractivity contribution in [3.05, 3.63) is 18.0 Å². The number of nitrogens with one attached hydrogen (secondary N) is 1. The Balaban J connectivity index is 0.00000288. The fraction of sp³-hybridized carbons (Fsp3) is 0.714. The van der Waals surface area contributed by atoms with Crippen LogP contribution in [-0.4, -0.2) is 71.0 Å². The van der Waals surface area contributed by atoms with Gasteiger partial charge >= 0.3 is 6.18 Å². The lowest BCUT2D eigenvalue weighted by molar-refractivity contribution is -0.181. The minimum Gasteiger partial charge on any atom is -0.352 e. The smallest absolute Gasteiger partial charge is 0.352 e. The van der Waals surface area contributed by atoms with E-state index in [9.17, 15) is 13.2 Å². The highest BCUT2D eigenvalue weighted by atomic mass is 127. The molecule has 1 aliphatic heterocycles. The van der Waals surface area contributed by atoms with E-state index in [2.05, 4.69) is 15.4 Å². The van der Waals surface area contributed by atoms with Crippen molar-refractivity contribution >= 4 is 29.9 Å². The molecule has 0 aliphatic carbocycles. The van der Waals surface area contributed by atoms with Crippen molar-refractivity contribution in [2.45, 2.75) is 25.7 Å². The lowest BCUT2D eigenvalue weighted by atomic mass is 10.2. The Labute approximate surface area is 157 Å². The first kappa shape index (κ1) is 21.0. The molecule has 0 radical (unpaired) electrons. The average molecular weight is 460 g/mol. The van der Waals surface area contributed by atoms with Gasteiger partial charge in [0.2, 0.25) is 0 Å². The maximum absolute atomic E-state index is 12.8. The quantitative estimate of drug-likeness (QED) is 0.424. The summed E-state index contributed by atoms with van der Waals surface area (Å²) in [5, 5.41) is 7.32. The number of rotatable bonds is 3. The van der Waals surface area contributed by atoms with Crippen LogP contribution in [0.1, 0.15) is 12.5 Å². The predicted octanol–water partition coefficient (Wildman–Crippen LogP) is 1.68. The zero-order chi connectivity index (χ0) is 17.0. The Morgan fingerprint density at radius 1 is 1.33 bits per heavy atom. The summed E-state index contributed by atoms with van der Waals surface area (Å²) in [6, 6.07) is -1.41. The highest BCUT2D eigenvalue weighted by molar-refractivity contribution is 14.0. The molecule has 0 spiro atoms. The van der Waals surface area contributed by atoms with Crippen LogP contribution in [0.4, 0.5) is 13.2 Å². The fourth-order valence-electron chi connectivity index (χ4n) is 2.60. The zero-order valence-electron chi connectivity index (χ0n) is 14.0. The first-order valence-electron chi connectivity index (χ1n) is 7.55. The summed E-state index contributed by atoms with van der Waals surface area (Å²) >= 11 is 0. The number of hydrogen-bond donors (Lipinski definition) is 1. The second-order valence-electron chi connectivity index (χ2n) is 5.66. The second kappa shape index (κ2) is 8.88. The van der Waals surface area contributed by atoms with Gasteiger partial charge in [0.1, 0.15) is 6.04 Å². The van der Waals surface area contributed by atoms with Crippen LogP contribution < -0.4 is 5.32 Å². The van der Waals surface area contributed by atoms with Gasteiger partial charge in [-0.2, -0.15) is 18.3 Å². The third-order valence-electron chi connectivity index (χ3n) is 4.06. The number of nitrogens with zero attached hydrogens (tertiary/aromatic N) is 5. The van der Waals surface area contributed by atoms with Gasteiger partial charge in [-0.25, -0.2) is 0 Å². The predicted molar refractivity (Wildman–Crippen MR) is 97.5 cm³/mol. The van der Waals surface area contributed by atoms with Crippen molar-refractivity contribution in [3.63, 3.8) is 0 Å². The van der Waals surface area contributed by atoms with E-state index in [0.29, 0.717) is 38.7 Å². The molecule has 1 saturated heterocycles. The topological polar surface area (TPSA) is 48.7 Å². The van der Waals surface area contributed by atoms with Gasteiger partial charge in [0.25, 0.3) is 0 Å². The van der Waals surface area contributed by atoms with Crippen LogP contribution in [0.25, 0.3) is 0 Å². The van der Waals surface area contributed by atoms with Gasteiger partial charge in [-0.15, -0.1) is 24.0 Å². The summed E-state index contributed by atoms with van der Waals surface area (Å²) in [6.45, 7) is 3.58. The van der Waals surface area contributed by atoms with Crippen LogP contribution in [-0.2, 0) is 13.6 Å². The molecule has 1 fully saturated rings. The van der Waals surface area contributed by atoms with E-state index in [-0.39, 0.29) is 24.0 Å². The van der Waals surface area contributed by atoms with Crippen LogP contribution >= 0.6 is 24.0 Å². The number of aliphatic imine (C=N–C) groups is 1. The summed E-state index contributed by atoms with van der Waals surface area (Å²) in [5.41, 5.74) is 1.03. The molecule has 6 nitrogen and oxygen atoms in total. The number of hydrogen-bond acceptors (Lipinski definition) is 3. The lowest BCUT2D eigenvalue weighted by Crippen LogP contribution is -2.56. The van der Waals surface area contributed by atoms with E-state index < -0.39 is 12.2 Å². The van der Waals surface area contributed by atoms with Crippen molar-refractivity contribution in [1.29, 1.82) is 0 Å². The van der Waals surface area contributed by atoms with Gasteiger partial charge in [0.05, 0.1) is 6.20 Å². The Morgan fingerprint density at radius 2 is 1.96 bits per heavy atom. The van der Waals surface area contributed by atoms with Crippen LogP contribution in [0.3, 0.4) is 0 Å². The number of piperazine rings is 1. The summed E-state index contributed by atoms with van der Waals surface area (Å²) in [4.78, 5) is 7.66. The SMILES string of the molecule is CN=C(NCc1cnn(C)c1)N1CCN(C(C)C(F)(F)F)CC1.I. The van der Waals surface area contributed by atoms with E-state index in [1.807, 2.05) is 18.1 Å². The summed E-state index contributed by atoms with van der Waals surface area (Å²) in [7, 11) is 3.52. The van der Waals surface area contributed by atoms with Crippen molar-refractivity contribution in [3.8, 4) is 0 Å². The fourth-order valence-corrected chi connectivity index (χ4v) is 2.60. The van der Waals surface area contributed by atoms with E-state index >= 15 is 0 Å². The first-order chi connectivity index (χ1) is 10.8. The largest absolute Gasteiger partial charge is 0.403 e. The number of aromatic nitrogens is 2. The Morgan fingerprint density at radius 3 is 2.42 bits per heavy atom. The van der Waals surface area contributed by atoms with Gasteiger partial charge in [0.15, 0.2) is 5.96 Å². The monoisotopic (exact) mass is 460 g/mol. The maximum atomic E-state index is 12.8. The van der Waals surface area contributed by atoms with Crippen LogP contribution in [0.5, 0.6) is 0 Å². The minimum absolute atomic E-state index is 0. The van der Waals surface area contributed by atoms with Crippen molar-refractivity contribution in [1.82, 2.24) is 24.9 Å². The molecule has 1 unspecified atom stereocenters. The molecule has 0 amide bonds.